The first-order valence-electron chi connectivity index (χ1n) is 7.33. The van der Waals surface area contributed by atoms with E-state index in [4.69, 9.17) is 28.4 Å². The summed E-state index contributed by atoms with van der Waals surface area (Å²) in [6.07, 6.45) is 0.120. The van der Waals surface area contributed by atoms with Gasteiger partial charge in [0, 0.05) is 0 Å². The molecule has 1 atom stereocenters. The number of hydrogen-bond donors (Lipinski definition) is 0. The summed E-state index contributed by atoms with van der Waals surface area (Å²) in [7, 11) is 0. The van der Waals surface area contributed by atoms with Crippen molar-refractivity contribution in [1.82, 2.24) is 0 Å². The van der Waals surface area contributed by atoms with Crippen LogP contribution in [0.5, 0.6) is 0 Å². The smallest absolute Gasteiger partial charge is 0.104 e. The zero-order valence-electron chi connectivity index (χ0n) is 12.7. The third-order valence-corrected chi connectivity index (χ3v) is 2.62. The second-order valence-electron chi connectivity index (χ2n) is 4.79. The molecule has 120 valence electrons. The lowest BCUT2D eigenvalue weighted by Gasteiger charge is -2.19. The van der Waals surface area contributed by atoms with Gasteiger partial charge in [-0.3, -0.25) is 0 Å². The quantitative estimate of drug-likeness (QED) is 0.769. The van der Waals surface area contributed by atoms with E-state index in [0.29, 0.717) is 66.1 Å². The van der Waals surface area contributed by atoms with Crippen LogP contribution in [-0.4, -0.2) is 78.3 Å². The Morgan fingerprint density at radius 2 is 1.30 bits per heavy atom. The summed E-state index contributed by atoms with van der Waals surface area (Å²) in [4.78, 5) is 0. The summed E-state index contributed by atoms with van der Waals surface area (Å²) < 4.78 is 33.0. The summed E-state index contributed by atoms with van der Waals surface area (Å²) in [5.41, 5.74) is 0. The highest BCUT2D eigenvalue weighted by molar-refractivity contribution is 4.57. The molecule has 20 heavy (non-hydrogen) atoms. The highest BCUT2D eigenvalue weighted by Gasteiger charge is 2.11. The molecule has 0 spiro atoms. The van der Waals surface area contributed by atoms with Crippen LogP contribution in [-0.2, 0) is 28.4 Å². The molecule has 0 bridgehead atoms. The normalized spacial score (nSPS) is 25.1. The second kappa shape index (κ2) is 12.5. The second-order valence-corrected chi connectivity index (χ2v) is 4.79. The van der Waals surface area contributed by atoms with Gasteiger partial charge in [0.15, 0.2) is 0 Å². The lowest BCUT2D eigenvalue weighted by Crippen LogP contribution is -2.29. The maximum absolute atomic E-state index is 5.71. The molecular formula is C14H28O6. The number of rotatable bonds is 3. The minimum atomic E-state index is -0.0672. The van der Waals surface area contributed by atoms with Gasteiger partial charge in [-0.15, -0.1) is 0 Å². The Kier molecular flexibility index (Phi) is 11.1. The van der Waals surface area contributed by atoms with Crippen molar-refractivity contribution in [1.29, 1.82) is 0 Å². The van der Waals surface area contributed by atoms with E-state index in [2.05, 4.69) is 0 Å². The molecule has 1 fully saturated rings. The lowest BCUT2D eigenvalue weighted by atomic mass is 10.4. The van der Waals surface area contributed by atoms with Crippen LogP contribution in [0.3, 0.4) is 0 Å². The van der Waals surface area contributed by atoms with E-state index in [1.165, 1.54) is 0 Å². The molecule has 1 saturated heterocycles. The predicted octanol–water partition coefficient (Wildman–Crippen LogP) is 0.877. The fourth-order valence-electron chi connectivity index (χ4n) is 1.59. The molecule has 1 heterocycles. The van der Waals surface area contributed by atoms with Crippen LogP contribution in [0, 0.1) is 0 Å². The summed E-state index contributed by atoms with van der Waals surface area (Å²) in [6.45, 7) is 9.58. The van der Waals surface area contributed by atoms with Gasteiger partial charge in [0.2, 0.25) is 0 Å². The maximum atomic E-state index is 5.71. The van der Waals surface area contributed by atoms with Gasteiger partial charge in [-0.05, 0) is 13.8 Å². The molecule has 1 aliphatic heterocycles. The van der Waals surface area contributed by atoms with Crippen molar-refractivity contribution in [2.45, 2.75) is 26.1 Å². The first-order chi connectivity index (χ1) is 9.79. The standard InChI is InChI=1S/C14H28O6/c1-13(2)20-12-14-11-18-8-7-16-4-3-15-5-6-17-9-10-19-14/h13-14H,3-12H2,1-2H3. The van der Waals surface area contributed by atoms with Crippen molar-refractivity contribution in [2.24, 2.45) is 0 Å². The predicted molar refractivity (Wildman–Crippen MR) is 74.1 cm³/mol. The molecule has 0 aromatic rings. The van der Waals surface area contributed by atoms with Crippen LogP contribution in [0.1, 0.15) is 13.8 Å². The molecule has 0 amide bonds. The molecule has 6 nitrogen and oxygen atoms in total. The zero-order valence-corrected chi connectivity index (χ0v) is 12.7. The minimum Gasteiger partial charge on any atom is -0.377 e. The fourth-order valence-corrected chi connectivity index (χ4v) is 1.59. The van der Waals surface area contributed by atoms with Crippen molar-refractivity contribution in [3.05, 3.63) is 0 Å². The van der Waals surface area contributed by atoms with Gasteiger partial charge < -0.3 is 28.4 Å². The van der Waals surface area contributed by atoms with Crippen molar-refractivity contribution < 1.29 is 28.4 Å². The van der Waals surface area contributed by atoms with E-state index < -0.39 is 0 Å². The summed E-state index contributed by atoms with van der Waals surface area (Å²) in [5, 5.41) is 0. The van der Waals surface area contributed by atoms with Crippen molar-refractivity contribution >= 4 is 0 Å². The van der Waals surface area contributed by atoms with E-state index in [9.17, 15) is 0 Å². The van der Waals surface area contributed by atoms with Crippen LogP contribution in [0.15, 0.2) is 0 Å². The van der Waals surface area contributed by atoms with Crippen molar-refractivity contribution in [3.8, 4) is 0 Å². The van der Waals surface area contributed by atoms with E-state index in [-0.39, 0.29) is 12.2 Å². The van der Waals surface area contributed by atoms with E-state index in [0.717, 1.165) is 0 Å². The Morgan fingerprint density at radius 3 is 1.85 bits per heavy atom. The Hall–Kier alpha value is -0.240. The zero-order chi connectivity index (χ0) is 14.5. The maximum Gasteiger partial charge on any atom is 0.104 e. The average molecular weight is 292 g/mol. The SMILES string of the molecule is CC(C)OCC1COCCOCCOCCOCCO1. The van der Waals surface area contributed by atoms with E-state index in [1.54, 1.807) is 0 Å². The molecule has 6 heteroatoms. The van der Waals surface area contributed by atoms with Gasteiger partial charge in [-0.2, -0.15) is 0 Å². The van der Waals surface area contributed by atoms with Gasteiger partial charge in [0.25, 0.3) is 0 Å². The van der Waals surface area contributed by atoms with Crippen molar-refractivity contribution in [2.75, 3.05) is 66.1 Å². The van der Waals surface area contributed by atoms with Crippen LogP contribution in [0.4, 0.5) is 0 Å². The number of ether oxygens (including phenoxy) is 6. The van der Waals surface area contributed by atoms with E-state index in [1.807, 2.05) is 13.8 Å². The van der Waals surface area contributed by atoms with E-state index >= 15 is 0 Å². The highest BCUT2D eigenvalue weighted by Crippen LogP contribution is 1.99. The molecule has 0 aromatic carbocycles. The fraction of sp³-hybridized carbons (Fsp3) is 1.00. The first-order valence-corrected chi connectivity index (χ1v) is 7.33. The first kappa shape index (κ1) is 17.8. The molecular weight excluding hydrogens is 264 g/mol. The Morgan fingerprint density at radius 1 is 0.800 bits per heavy atom. The Bertz CT molecular complexity index is 196. The van der Waals surface area contributed by atoms with Crippen LogP contribution < -0.4 is 0 Å². The van der Waals surface area contributed by atoms with Crippen LogP contribution in [0.25, 0.3) is 0 Å². The summed E-state index contributed by atoms with van der Waals surface area (Å²) in [6, 6.07) is 0. The number of hydrogen-bond acceptors (Lipinski definition) is 6. The van der Waals surface area contributed by atoms with Gasteiger partial charge in [0.1, 0.15) is 6.10 Å². The molecule has 1 aliphatic rings. The molecule has 1 rings (SSSR count). The van der Waals surface area contributed by atoms with Gasteiger partial charge >= 0.3 is 0 Å². The van der Waals surface area contributed by atoms with Gasteiger partial charge in [-0.25, -0.2) is 0 Å². The highest BCUT2D eigenvalue weighted by atomic mass is 16.6. The van der Waals surface area contributed by atoms with Gasteiger partial charge in [0.05, 0.1) is 72.2 Å². The molecule has 0 aliphatic carbocycles. The Labute approximate surface area is 121 Å². The molecule has 0 saturated carbocycles. The lowest BCUT2D eigenvalue weighted by molar-refractivity contribution is -0.0863. The van der Waals surface area contributed by atoms with Gasteiger partial charge in [-0.1, -0.05) is 0 Å². The van der Waals surface area contributed by atoms with Crippen molar-refractivity contribution in [3.63, 3.8) is 0 Å². The Balaban J connectivity index is 2.24. The summed E-state index contributed by atoms with van der Waals surface area (Å²) >= 11 is 0. The summed E-state index contributed by atoms with van der Waals surface area (Å²) in [5.74, 6) is 0. The largest absolute Gasteiger partial charge is 0.377 e. The topological polar surface area (TPSA) is 55.4 Å². The van der Waals surface area contributed by atoms with Crippen LogP contribution in [0.2, 0.25) is 0 Å². The monoisotopic (exact) mass is 292 g/mol. The van der Waals surface area contributed by atoms with Crippen LogP contribution >= 0.6 is 0 Å². The molecule has 0 N–H and O–H groups in total. The molecule has 0 aromatic heterocycles. The third-order valence-electron chi connectivity index (χ3n) is 2.62. The minimum absolute atomic E-state index is 0.0672. The third kappa shape index (κ3) is 10.5. The molecule has 0 radical (unpaired) electrons. The molecule has 1 unspecified atom stereocenters. The average Bonchev–Trinajstić information content (AvgIpc) is 2.44.